The molecule has 0 spiro atoms. The van der Waals surface area contributed by atoms with Crippen LogP contribution in [0.5, 0.6) is 0 Å². The lowest BCUT2D eigenvalue weighted by molar-refractivity contribution is 0.362. The van der Waals surface area contributed by atoms with E-state index in [0.29, 0.717) is 0 Å². The summed E-state index contributed by atoms with van der Waals surface area (Å²) in [5, 5.41) is 3.67. The smallest absolute Gasteiger partial charge is 0.0304 e. The van der Waals surface area contributed by atoms with Crippen molar-refractivity contribution in [3.63, 3.8) is 0 Å². The highest BCUT2D eigenvalue weighted by Gasteiger charge is 2.16. The Labute approximate surface area is 120 Å². The molecule has 0 radical (unpaired) electrons. The zero-order valence-electron chi connectivity index (χ0n) is 12.1. The van der Waals surface area contributed by atoms with Crippen LogP contribution in [0, 0.1) is 6.92 Å². The van der Waals surface area contributed by atoms with Gasteiger partial charge in [-0.2, -0.15) is 0 Å². The molecule has 0 saturated heterocycles. The van der Waals surface area contributed by atoms with E-state index in [1.54, 1.807) is 0 Å². The van der Waals surface area contributed by atoms with Crippen molar-refractivity contribution in [2.24, 2.45) is 0 Å². The third-order valence-corrected chi connectivity index (χ3v) is 4.42. The maximum Gasteiger partial charge on any atom is 0.0304 e. The van der Waals surface area contributed by atoms with Crippen molar-refractivity contribution in [3.05, 3.63) is 57.8 Å². The molecule has 19 heavy (non-hydrogen) atoms. The minimum absolute atomic E-state index is 0.174. The van der Waals surface area contributed by atoms with Gasteiger partial charge in [0, 0.05) is 21.8 Å². The lowest BCUT2D eigenvalue weighted by Crippen LogP contribution is -2.38. The zero-order chi connectivity index (χ0) is 13.7. The normalized spacial score (nSPS) is 11.7. The average Bonchev–Trinajstić information content (AvgIpc) is 2.82. The van der Waals surface area contributed by atoms with Gasteiger partial charge in [-0.1, -0.05) is 30.3 Å². The van der Waals surface area contributed by atoms with Gasteiger partial charge in [0.25, 0.3) is 0 Å². The molecule has 1 N–H and O–H groups in total. The van der Waals surface area contributed by atoms with Gasteiger partial charge >= 0.3 is 0 Å². The minimum Gasteiger partial charge on any atom is -0.307 e. The van der Waals surface area contributed by atoms with Gasteiger partial charge < -0.3 is 5.32 Å². The number of hydrogen-bond acceptors (Lipinski definition) is 2. The molecule has 0 aliphatic carbocycles. The summed E-state index contributed by atoms with van der Waals surface area (Å²) in [6.45, 7) is 7.71. The maximum atomic E-state index is 3.67. The number of thiophene rings is 1. The Morgan fingerprint density at radius 2 is 1.79 bits per heavy atom. The first-order chi connectivity index (χ1) is 9.05. The molecule has 1 nitrogen and oxygen atoms in total. The Balaban J connectivity index is 1.81. The molecule has 2 rings (SSSR count). The van der Waals surface area contributed by atoms with E-state index in [9.17, 15) is 0 Å². The Morgan fingerprint density at radius 3 is 2.42 bits per heavy atom. The van der Waals surface area contributed by atoms with E-state index in [2.05, 4.69) is 68.6 Å². The lowest BCUT2D eigenvalue weighted by Gasteiger charge is -2.26. The lowest BCUT2D eigenvalue weighted by atomic mass is 9.95. The summed E-state index contributed by atoms with van der Waals surface area (Å²) in [6.07, 6.45) is 2.28. The van der Waals surface area contributed by atoms with Gasteiger partial charge in [-0.15, -0.1) is 11.3 Å². The summed E-state index contributed by atoms with van der Waals surface area (Å²) < 4.78 is 0. The van der Waals surface area contributed by atoms with Gasteiger partial charge in [-0.3, -0.25) is 0 Å². The topological polar surface area (TPSA) is 12.0 Å². The van der Waals surface area contributed by atoms with Gasteiger partial charge in [0.2, 0.25) is 0 Å². The fourth-order valence-electron chi connectivity index (χ4n) is 2.10. The standard InChI is InChI=1S/C17H23NS/c1-14-9-10-16(19-14)13-18-17(2,3)12-11-15-7-5-4-6-8-15/h4-10,18H,11-13H2,1-3H3. The van der Waals surface area contributed by atoms with E-state index in [1.807, 2.05) is 11.3 Å². The highest BCUT2D eigenvalue weighted by molar-refractivity contribution is 7.11. The van der Waals surface area contributed by atoms with E-state index in [0.717, 1.165) is 19.4 Å². The van der Waals surface area contributed by atoms with E-state index in [-0.39, 0.29) is 5.54 Å². The van der Waals surface area contributed by atoms with Crippen molar-refractivity contribution in [3.8, 4) is 0 Å². The number of benzene rings is 1. The molecule has 0 atom stereocenters. The van der Waals surface area contributed by atoms with E-state index < -0.39 is 0 Å². The summed E-state index contributed by atoms with van der Waals surface area (Å²) in [4.78, 5) is 2.81. The molecule has 0 bridgehead atoms. The SMILES string of the molecule is Cc1ccc(CNC(C)(C)CCc2ccccc2)s1. The van der Waals surface area contributed by atoms with Crippen LogP contribution in [0.3, 0.4) is 0 Å². The summed E-state index contributed by atoms with van der Waals surface area (Å²) in [5.41, 5.74) is 1.60. The third-order valence-electron chi connectivity index (χ3n) is 3.42. The Morgan fingerprint density at radius 1 is 1.05 bits per heavy atom. The van der Waals surface area contributed by atoms with Crippen molar-refractivity contribution >= 4 is 11.3 Å². The summed E-state index contributed by atoms with van der Waals surface area (Å²) >= 11 is 1.88. The molecule has 1 aromatic heterocycles. The molecule has 2 heteroatoms. The van der Waals surface area contributed by atoms with Crippen LogP contribution < -0.4 is 5.32 Å². The van der Waals surface area contributed by atoms with Crippen LogP contribution in [-0.2, 0) is 13.0 Å². The molecule has 0 aliphatic rings. The fourth-order valence-corrected chi connectivity index (χ4v) is 2.93. The largest absolute Gasteiger partial charge is 0.307 e. The first kappa shape index (κ1) is 14.3. The van der Waals surface area contributed by atoms with Crippen molar-refractivity contribution in [1.82, 2.24) is 5.32 Å². The van der Waals surface area contributed by atoms with Crippen molar-refractivity contribution in [1.29, 1.82) is 0 Å². The van der Waals surface area contributed by atoms with Gasteiger partial charge in [-0.25, -0.2) is 0 Å². The Hall–Kier alpha value is -1.12. The summed E-state index contributed by atoms with van der Waals surface area (Å²) in [7, 11) is 0. The second-order valence-electron chi connectivity index (χ2n) is 5.74. The van der Waals surface area contributed by atoms with Crippen molar-refractivity contribution < 1.29 is 0 Å². The van der Waals surface area contributed by atoms with Crippen LogP contribution in [0.25, 0.3) is 0 Å². The number of hydrogen-bond donors (Lipinski definition) is 1. The van der Waals surface area contributed by atoms with E-state index in [4.69, 9.17) is 0 Å². The quantitative estimate of drug-likeness (QED) is 0.813. The van der Waals surface area contributed by atoms with Gasteiger partial charge in [-0.05, 0) is 51.3 Å². The van der Waals surface area contributed by atoms with Crippen LogP contribution >= 0.6 is 11.3 Å². The molecule has 1 heterocycles. The summed E-state index contributed by atoms with van der Waals surface area (Å²) in [5.74, 6) is 0. The molecule has 0 fully saturated rings. The first-order valence-electron chi connectivity index (χ1n) is 6.89. The molecule has 0 unspecified atom stereocenters. The maximum absolute atomic E-state index is 3.67. The number of nitrogens with one attached hydrogen (secondary N) is 1. The number of rotatable bonds is 6. The second-order valence-corrected chi connectivity index (χ2v) is 7.11. The number of aryl methyl sites for hydroxylation is 2. The van der Waals surface area contributed by atoms with Crippen LogP contribution in [0.4, 0.5) is 0 Å². The van der Waals surface area contributed by atoms with Gasteiger partial charge in [0.15, 0.2) is 0 Å². The molecular weight excluding hydrogens is 250 g/mol. The van der Waals surface area contributed by atoms with Crippen LogP contribution in [0.1, 0.15) is 35.6 Å². The van der Waals surface area contributed by atoms with Crippen molar-refractivity contribution in [2.75, 3.05) is 0 Å². The molecule has 0 aliphatic heterocycles. The molecule has 0 saturated carbocycles. The van der Waals surface area contributed by atoms with Crippen LogP contribution in [0.15, 0.2) is 42.5 Å². The van der Waals surface area contributed by atoms with E-state index in [1.165, 1.54) is 15.3 Å². The third kappa shape index (κ3) is 4.81. The van der Waals surface area contributed by atoms with Gasteiger partial charge in [0.05, 0.1) is 0 Å². The predicted octanol–water partition coefficient (Wildman–Crippen LogP) is 4.56. The average molecular weight is 273 g/mol. The van der Waals surface area contributed by atoms with Crippen LogP contribution in [-0.4, -0.2) is 5.54 Å². The van der Waals surface area contributed by atoms with E-state index >= 15 is 0 Å². The molecule has 0 amide bonds. The molecular formula is C17H23NS. The Kier molecular flexibility index (Phi) is 4.78. The minimum atomic E-state index is 0.174. The second kappa shape index (κ2) is 6.36. The highest BCUT2D eigenvalue weighted by Crippen LogP contribution is 2.18. The summed E-state index contributed by atoms with van der Waals surface area (Å²) in [6, 6.07) is 15.1. The van der Waals surface area contributed by atoms with Crippen LogP contribution in [0.2, 0.25) is 0 Å². The molecule has 102 valence electrons. The monoisotopic (exact) mass is 273 g/mol. The zero-order valence-corrected chi connectivity index (χ0v) is 12.9. The Bertz CT molecular complexity index is 499. The van der Waals surface area contributed by atoms with Gasteiger partial charge in [0.1, 0.15) is 0 Å². The molecule has 1 aromatic carbocycles. The first-order valence-corrected chi connectivity index (χ1v) is 7.71. The predicted molar refractivity (Wildman–Crippen MR) is 84.7 cm³/mol. The van der Waals surface area contributed by atoms with Crippen molar-refractivity contribution in [2.45, 2.75) is 45.7 Å². The highest BCUT2D eigenvalue weighted by atomic mass is 32.1. The fraction of sp³-hybridized carbons (Fsp3) is 0.412. The molecule has 2 aromatic rings.